The van der Waals surface area contributed by atoms with Gasteiger partial charge in [-0.1, -0.05) is 12.8 Å². The molecule has 1 aromatic heterocycles. The summed E-state index contributed by atoms with van der Waals surface area (Å²) in [4.78, 5) is 15.4. The Balaban J connectivity index is 1.48. The van der Waals surface area contributed by atoms with E-state index in [0.717, 1.165) is 29.7 Å². The molecule has 2 aromatic rings. The molecule has 28 heavy (non-hydrogen) atoms. The summed E-state index contributed by atoms with van der Waals surface area (Å²) in [7, 11) is 1.63. The van der Waals surface area contributed by atoms with Crippen LogP contribution in [0.5, 0.6) is 5.75 Å². The SMILES string of the molecule is COc1ccc(Br)c(C(=O)N2CC(c3nncn3C3CC3)C3(CCCC3)C2)c1. The second-order valence-electron chi connectivity index (χ2n) is 8.48. The van der Waals surface area contributed by atoms with Gasteiger partial charge < -0.3 is 14.2 Å². The average molecular weight is 445 g/mol. The number of likely N-dealkylation sites (tertiary alicyclic amines) is 1. The third-order valence-electron chi connectivity index (χ3n) is 6.79. The molecule has 1 unspecified atom stereocenters. The van der Waals surface area contributed by atoms with Crippen molar-refractivity contribution in [1.29, 1.82) is 0 Å². The highest BCUT2D eigenvalue weighted by atomic mass is 79.9. The van der Waals surface area contributed by atoms with E-state index in [-0.39, 0.29) is 17.2 Å². The molecule has 1 aromatic carbocycles. The zero-order valence-corrected chi connectivity index (χ0v) is 17.7. The van der Waals surface area contributed by atoms with Crippen LogP contribution in [0.15, 0.2) is 29.0 Å². The number of halogens is 1. The number of carbonyl (C=O) groups is 1. The number of benzene rings is 1. The standard InChI is InChI=1S/C21H25BrN4O2/c1-28-15-6-7-18(22)16(10-15)20(27)25-11-17(21(12-25)8-2-3-9-21)19-24-23-13-26(19)14-4-5-14/h6-7,10,13-14,17H,2-5,8-9,11-12H2,1H3. The van der Waals surface area contributed by atoms with Crippen molar-refractivity contribution in [3.63, 3.8) is 0 Å². The number of carbonyl (C=O) groups excluding carboxylic acids is 1. The Morgan fingerprint density at radius 3 is 2.79 bits per heavy atom. The molecule has 2 heterocycles. The quantitative estimate of drug-likeness (QED) is 0.709. The molecule has 1 atom stereocenters. The molecule has 7 heteroatoms. The van der Waals surface area contributed by atoms with Crippen LogP contribution in [0.25, 0.3) is 0 Å². The van der Waals surface area contributed by atoms with Gasteiger partial charge in [0.05, 0.1) is 12.7 Å². The van der Waals surface area contributed by atoms with E-state index in [1.807, 2.05) is 29.4 Å². The van der Waals surface area contributed by atoms with Gasteiger partial charge in [-0.2, -0.15) is 0 Å². The van der Waals surface area contributed by atoms with Gasteiger partial charge >= 0.3 is 0 Å². The molecule has 1 saturated heterocycles. The van der Waals surface area contributed by atoms with Gasteiger partial charge in [-0.3, -0.25) is 4.79 Å². The van der Waals surface area contributed by atoms with E-state index in [2.05, 4.69) is 30.7 Å². The van der Waals surface area contributed by atoms with E-state index in [4.69, 9.17) is 4.74 Å². The number of ether oxygens (including phenoxy) is 1. The second kappa shape index (κ2) is 6.87. The monoisotopic (exact) mass is 444 g/mol. The van der Waals surface area contributed by atoms with Gasteiger partial charge in [0.2, 0.25) is 0 Å². The lowest BCUT2D eigenvalue weighted by atomic mass is 9.76. The van der Waals surface area contributed by atoms with Gasteiger partial charge in [0.1, 0.15) is 17.9 Å². The van der Waals surface area contributed by atoms with Crippen molar-refractivity contribution in [3.05, 3.63) is 40.4 Å². The van der Waals surface area contributed by atoms with Crippen LogP contribution in [0.3, 0.4) is 0 Å². The molecule has 3 fully saturated rings. The maximum Gasteiger partial charge on any atom is 0.255 e. The number of nitrogens with zero attached hydrogens (tertiary/aromatic N) is 4. The summed E-state index contributed by atoms with van der Waals surface area (Å²) >= 11 is 3.55. The molecule has 2 saturated carbocycles. The minimum absolute atomic E-state index is 0.0667. The average Bonchev–Trinajstić information content (AvgIpc) is 3.12. The fraction of sp³-hybridized carbons (Fsp3) is 0.571. The highest BCUT2D eigenvalue weighted by Crippen LogP contribution is 2.54. The molecule has 0 radical (unpaired) electrons. The summed E-state index contributed by atoms with van der Waals surface area (Å²) in [5, 5.41) is 8.77. The fourth-order valence-electron chi connectivity index (χ4n) is 5.17. The zero-order chi connectivity index (χ0) is 19.3. The first-order chi connectivity index (χ1) is 13.6. The first-order valence-corrected chi connectivity index (χ1v) is 10.9. The molecule has 3 aliphatic rings. The summed E-state index contributed by atoms with van der Waals surface area (Å²) in [5.41, 5.74) is 0.803. The normalized spacial score (nSPS) is 23.5. The fourth-order valence-corrected chi connectivity index (χ4v) is 5.58. The van der Waals surface area contributed by atoms with Crippen LogP contribution < -0.4 is 4.74 Å². The molecule has 2 aliphatic carbocycles. The van der Waals surface area contributed by atoms with Crippen LogP contribution in [0, 0.1) is 5.41 Å². The molecule has 6 nitrogen and oxygen atoms in total. The van der Waals surface area contributed by atoms with E-state index in [1.165, 1.54) is 25.7 Å². The second-order valence-corrected chi connectivity index (χ2v) is 9.34. The molecular weight excluding hydrogens is 420 g/mol. The first-order valence-electron chi connectivity index (χ1n) is 10.1. The van der Waals surface area contributed by atoms with Crippen LogP contribution in [0.4, 0.5) is 0 Å². The Morgan fingerprint density at radius 2 is 2.07 bits per heavy atom. The number of amides is 1. The molecule has 0 bridgehead atoms. The zero-order valence-electron chi connectivity index (χ0n) is 16.1. The van der Waals surface area contributed by atoms with Crippen molar-refractivity contribution >= 4 is 21.8 Å². The summed E-state index contributed by atoms with van der Waals surface area (Å²) in [6.45, 7) is 1.52. The third-order valence-corrected chi connectivity index (χ3v) is 7.48. The minimum Gasteiger partial charge on any atom is -0.497 e. The predicted octanol–water partition coefficient (Wildman–Crippen LogP) is 4.18. The van der Waals surface area contributed by atoms with Gasteiger partial charge in [-0.15, -0.1) is 10.2 Å². The van der Waals surface area contributed by atoms with Gasteiger partial charge in [0.15, 0.2) is 0 Å². The Kier molecular flexibility index (Phi) is 4.45. The summed E-state index contributed by atoms with van der Waals surface area (Å²) in [5.74, 6) is 2.12. The number of hydrogen-bond donors (Lipinski definition) is 0. The van der Waals surface area contributed by atoms with Crippen molar-refractivity contribution in [2.24, 2.45) is 5.41 Å². The Labute approximate surface area is 173 Å². The summed E-state index contributed by atoms with van der Waals surface area (Å²) in [6.07, 6.45) is 9.11. The number of hydrogen-bond acceptors (Lipinski definition) is 4. The Morgan fingerprint density at radius 1 is 1.29 bits per heavy atom. The Hall–Kier alpha value is -1.89. The molecule has 1 amide bonds. The minimum atomic E-state index is 0.0667. The molecular formula is C21H25BrN4O2. The number of rotatable bonds is 4. The van der Waals surface area contributed by atoms with E-state index in [0.29, 0.717) is 23.9 Å². The first kappa shape index (κ1) is 18.2. The summed E-state index contributed by atoms with van der Waals surface area (Å²) < 4.78 is 8.42. The van der Waals surface area contributed by atoms with Crippen LogP contribution in [-0.4, -0.2) is 45.8 Å². The van der Waals surface area contributed by atoms with E-state index in [9.17, 15) is 4.79 Å². The third kappa shape index (κ3) is 2.95. The Bertz CT molecular complexity index is 902. The van der Waals surface area contributed by atoms with Crippen LogP contribution >= 0.6 is 15.9 Å². The van der Waals surface area contributed by atoms with Crippen LogP contribution in [0.1, 0.15) is 66.7 Å². The van der Waals surface area contributed by atoms with E-state index >= 15 is 0 Å². The highest BCUT2D eigenvalue weighted by molar-refractivity contribution is 9.10. The topological polar surface area (TPSA) is 60.2 Å². The predicted molar refractivity (Wildman–Crippen MR) is 109 cm³/mol. The van der Waals surface area contributed by atoms with Gasteiger partial charge in [-0.05, 0) is 65.2 Å². The maximum atomic E-state index is 13.4. The molecule has 148 valence electrons. The van der Waals surface area contributed by atoms with Gasteiger partial charge in [0, 0.05) is 29.5 Å². The maximum absolute atomic E-state index is 13.4. The van der Waals surface area contributed by atoms with E-state index < -0.39 is 0 Å². The lowest BCUT2D eigenvalue weighted by molar-refractivity contribution is 0.0772. The molecule has 5 rings (SSSR count). The van der Waals surface area contributed by atoms with Gasteiger partial charge in [0.25, 0.3) is 5.91 Å². The molecule has 0 N–H and O–H groups in total. The number of aromatic nitrogens is 3. The smallest absolute Gasteiger partial charge is 0.255 e. The molecule has 1 spiro atoms. The highest BCUT2D eigenvalue weighted by Gasteiger charge is 2.52. The number of methoxy groups -OCH3 is 1. The van der Waals surface area contributed by atoms with Gasteiger partial charge in [-0.25, -0.2) is 0 Å². The van der Waals surface area contributed by atoms with Crippen LogP contribution in [0.2, 0.25) is 0 Å². The summed E-state index contributed by atoms with van der Waals surface area (Å²) in [6, 6.07) is 6.13. The molecule has 1 aliphatic heterocycles. The lowest BCUT2D eigenvalue weighted by Crippen LogP contribution is -2.31. The van der Waals surface area contributed by atoms with Crippen LogP contribution in [-0.2, 0) is 0 Å². The largest absolute Gasteiger partial charge is 0.497 e. The lowest BCUT2D eigenvalue weighted by Gasteiger charge is -2.29. The van der Waals surface area contributed by atoms with E-state index in [1.54, 1.807) is 7.11 Å². The van der Waals surface area contributed by atoms with Crippen molar-refractivity contribution in [3.8, 4) is 5.75 Å². The van der Waals surface area contributed by atoms with Crippen molar-refractivity contribution in [2.75, 3.05) is 20.2 Å². The van der Waals surface area contributed by atoms with Crippen molar-refractivity contribution < 1.29 is 9.53 Å². The van der Waals surface area contributed by atoms with Crippen molar-refractivity contribution in [2.45, 2.75) is 50.5 Å². The van der Waals surface area contributed by atoms with Crippen molar-refractivity contribution in [1.82, 2.24) is 19.7 Å².